The second-order valence-corrected chi connectivity index (χ2v) is 5.27. The minimum atomic E-state index is -0.574. The molecule has 9 nitrogen and oxygen atoms in total. The first-order valence-corrected chi connectivity index (χ1v) is 8.14. The molecule has 1 aromatic rings. The summed E-state index contributed by atoms with van der Waals surface area (Å²) in [5.74, 6) is 0.578. The van der Waals surface area contributed by atoms with Gasteiger partial charge in [-0.25, -0.2) is 4.79 Å². The molecule has 0 aliphatic rings. The molecule has 9 heteroatoms. The number of aliphatic hydroxyl groups is 1. The van der Waals surface area contributed by atoms with Crippen LogP contribution in [-0.4, -0.2) is 43.0 Å². The lowest BCUT2D eigenvalue weighted by molar-refractivity contribution is -0.385. The predicted octanol–water partition coefficient (Wildman–Crippen LogP) is 2.56. The van der Waals surface area contributed by atoms with E-state index >= 15 is 0 Å². The van der Waals surface area contributed by atoms with E-state index in [1.54, 1.807) is 0 Å². The van der Waals surface area contributed by atoms with Gasteiger partial charge in [-0.1, -0.05) is 12.7 Å². The maximum Gasteiger partial charge on any atom is 0.407 e. The lowest BCUT2D eigenvalue weighted by Gasteiger charge is -2.12. The molecular formula is C17H24N2O7. The Morgan fingerprint density at radius 2 is 2.12 bits per heavy atom. The van der Waals surface area contributed by atoms with E-state index in [2.05, 4.69) is 11.9 Å². The molecular weight excluding hydrogens is 344 g/mol. The van der Waals surface area contributed by atoms with Crippen LogP contribution in [0.15, 0.2) is 24.8 Å². The maximum absolute atomic E-state index is 11.2. The number of ether oxygens (including phenoxy) is 3. The number of methoxy groups -OCH3 is 1. The number of nitro groups is 1. The van der Waals surface area contributed by atoms with Crippen LogP contribution in [-0.2, 0) is 11.3 Å². The Morgan fingerprint density at radius 1 is 1.35 bits per heavy atom. The molecule has 144 valence electrons. The van der Waals surface area contributed by atoms with Crippen LogP contribution >= 0.6 is 0 Å². The fourth-order valence-electron chi connectivity index (χ4n) is 2.12. The average molecular weight is 368 g/mol. The molecule has 0 radical (unpaired) electrons. The summed E-state index contributed by atoms with van der Waals surface area (Å²) >= 11 is 0. The van der Waals surface area contributed by atoms with Crippen LogP contribution in [0.3, 0.4) is 0 Å². The quantitative estimate of drug-likeness (QED) is 0.252. The Kier molecular flexibility index (Phi) is 9.55. The van der Waals surface area contributed by atoms with Gasteiger partial charge in [0, 0.05) is 6.54 Å². The third kappa shape index (κ3) is 6.98. The molecule has 0 saturated carbocycles. The molecule has 0 heterocycles. The van der Waals surface area contributed by atoms with E-state index in [-0.39, 0.29) is 23.6 Å². The highest BCUT2D eigenvalue weighted by Crippen LogP contribution is 2.34. The van der Waals surface area contributed by atoms with E-state index in [0.717, 1.165) is 12.8 Å². The van der Waals surface area contributed by atoms with Crippen LogP contribution in [0.2, 0.25) is 0 Å². The molecule has 0 bridgehead atoms. The topological polar surface area (TPSA) is 120 Å². The Hall–Kier alpha value is -2.81. The molecule has 0 aromatic heterocycles. The largest absolute Gasteiger partial charge is 0.493 e. The summed E-state index contributed by atoms with van der Waals surface area (Å²) in [6.07, 6.45) is 3.24. The third-order valence-electron chi connectivity index (χ3n) is 3.41. The first-order valence-electron chi connectivity index (χ1n) is 8.14. The lowest BCUT2D eigenvalue weighted by Crippen LogP contribution is -2.25. The minimum absolute atomic E-state index is 0.161. The fourth-order valence-corrected chi connectivity index (χ4v) is 2.12. The number of benzene rings is 1. The smallest absolute Gasteiger partial charge is 0.407 e. The summed E-state index contributed by atoms with van der Waals surface area (Å²) in [4.78, 5) is 21.7. The van der Waals surface area contributed by atoms with E-state index in [1.165, 1.54) is 25.3 Å². The van der Waals surface area contributed by atoms with E-state index in [0.29, 0.717) is 25.3 Å². The number of hydrogen-bond donors (Lipinski definition) is 2. The van der Waals surface area contributed by atoms with E-state index in [4.69, 9.17) is 14.2 Å². The predicted molar refractivity (Wildman–Crippen MR) is 94.5 cm³/mol. The monoisotopic (exact) mass is 368 g/mol. The Morgan fingerprint density at radius 3 is 2.73 bits per heavy atom. The zero-order chi connectivity index (χ0) is 19.4. The first-order chi connectivity index (χ1) is 12.5. The van der Waals surface area contributed by atoms with Gasteiger partial charge < -0.3 is 24.6 Å². The number of carbonyl (C=O) groups is 1. The van der Waals surface area contributed by atoms with Crippen LogP contribution in [0.25, 0.3) is 0 Å². The highest BCUT2D eigenvalue weighted by Gasteiger charge is 2.19. The van der Waals surface area contributed by atoms with Gasteiger partial charge in [-0.3, -0.25) is 10.1 Å². The lowest BCUT2D eigenvalue weighted by atomic mass is 10.1. The Bertz CT molecular complexity index is 619. The zero-order valence-electron chi connectivity index (χ0n) is 14.7. The molecule has 0 atom stereocenters. The van der Waals surface area contributed by atoms with Crippen molar-refractivity contribution in [3.63, 3.8) is 0 Å². The summed E-state index contributed by atoms with van der Waals surface area (Å²) in [7, 11) is 1.42. The number of carbonyl (C=O) groups excluding carboxylic acids is 1. The van der Waals surface area contributed by atoms with Crippen LogP contribution in [0.4, 0.5) is 10.5 Å². The number of nitrogens with zero attached hydrogens (tertiary/aromatic N) is 1. The highest BCUT2D eigenvalue weighted by atomic mass is 16.6. The van der Waals surface area contributed by atoms with Gasteiger partial charge in [0.05, 0.1) is 36.9 Å². The molecule has 26 heavy (non-hydrogen) atoms. The van der Waals surface area contributed by atoms with E-state index in [1.807, 2.05) is 0 Å². The van der Waals surface area contributed by atoms with Crippen molar-refractivity contribution in [2.24, 2.45) is 0 Å². The van der Waals surface area contributed by atoms with Gasteiger partial charge in [0.1, 0.15) is 6.61 Å². The number of rotatable bonds is 12. The van der Waals surface area contributed by atoms with Gasteiger partial charge in [-0.15, -0.1) is 0 Å². The van der Waals surface area contributed by atoms with Crippen LogP contribution in [0.5, 0.6) is 11.5 Å². The first kappa shape index (κ1) is 21.2. The van der Waals surface area contributed by atoms with Crippen molar-refractivity contribution in [1.82, 2.24) is 5.32 Å². The van der Waals surface area contributed by atoms with E-state index < -0.39 is 17.6 Å². The normalized spacial score (nSPS) is 10.1. The number of aliphatic hydroxyl groups excluding tert-OH is 1. The number of hydrogen-bond acceptors (Lipinski definition) is 7. The number of unbranched alkanes of at least 4 members (excludes halogenated alkanes) is 2. The SMILES string of the molecule is C=CCOC(=O)NCCCCCOc1cc([N+](=O)[O-])c(CO)cc1OC. The van der Waals surface area contributed by atoms with Gasteiger partial charge in [0.2, 0.25) is 0 Å². The molecule has 0 aliphatic carbocycles. The van der Waals surface area contributed by atoms with Crippen molar-refractivity contribution in [3.05, 3.63) is 40.5 Å². The van der Waals surface area contributed by atoms with Crippen molar-refractivity contribution in [3.8, 4) is 11.5 Å². The molecule has 0 fully saturated rings. The molecule has 0 spiro atoms. The van der Waals surface area contributed by atoms with Crippen molar-refractivity contribution >= 4 is 11.8 Å². The number of alkyl carbamates (subject to hydrolysis) is 1. The van der Waals surface area contributed by atoms with Gasteiger partial charge in [0.15, 0.2) is 11.5 Å². The fraction of sp³-hybridized carbons (Fsp3) is 0.471. The number of nitro benzene ring substituents is 1. The van der Waals surface area contributed by atoms with Crippen LogP contribution < -0.4 is 14.8 Å². The third-order valence-corrected chi connectivity index (χ3v) is 3.41. The minimum Gasteiger partial charge on any atom is -0.493 e. The summed E-state index contributed by atoms with van der Waals surface area (Å²) in [6, 6.07) is 2.65. The van der Waals surface area contributed by atoms with E-state index in [9.17, 15) is 20.0 Å². The number of nitrogens with one attached hydrogen (secondary N) is 1. The molecule has 0 saturated heterocycles. The van der Waals surface area contributed by atoms with Crippen molar-refractivity contribution in [2.45, 2.75) is 25.9 Å². The Labute approximate surface area is 151 Å². The highest BCUT2D eigenvalue weighted by molar-refractivity contribution is 5.67. The van der Waals surface area contributed by atoms with Crippen LogP contribution in [0, 0.1) is 10.1 Å². The number of amides is 1. The summed E-state index contributed by atoms with van der Waals surface area (Å²) < 4.78 is 15.5. The second kappa shape index (κ2) is 11.7. The zero-order valence-corrected chi connectivity index (χ0v) is 14.7. The summed E-state index contributed by atoms with van der Waals surface area (Å²) in [6.45, 7) is 3.98. The Balaban J connectivity index is 2.40. The van der Waals surface area contributed by atoms with Gasteiger partial charge in [-0.2, -0.15) is 0 Å². The van der Waals surface area contributed by atoms with Gasteiger partial charge in [0.25, 0.3) is 5.69 Å². The van der Waals surface area contributed by atoms with Gasteiger partial charge in [-0.05, 0) is 25.3 Å². The molecule has 1 rings (SSSR count). The second-order valence-electron chi connectivity index (χ2n) is 5.27. The molecule has 1 aromatic carbocycles. The van der Waals surface area contributed by atoms with Crippen molar-refractivity contribution in [1.29, 1.82) is 0 Å². The summed E-state index contributed by atoms with van der Waals surface area (Å²) in [5.41, 5.74) is -0.0563. The molecule has 2 N–H and O–H groups in total. The standard InChI is InChI=1S/C17H24N2O7/c1-3-8-26-17(21)18-7-5-4-6-9-25-16-11-14(19(22)23)13(12-20)10-15(16)24-2/h3,10-11,20H,1,4-9,12H2,2H3,(H,18,21). The summed E-state index contributed by atoms with van der Waals surface area (Å²) in [5, 5.41) is 22.9. The molecule has 0 unspecified atom stereocenters. The van der Waals surface area contributed by atoms with Crippen LogP contribution in [0.1, 0.15) is 24.8 Å². The van der Waals surface area contributed by atoms with Crippen molar-refractivity contribution in [2.75, 3.05) is 26.9 Å². The molecule has 0 aliphatic heterocycles. The van der Waals surface area contributed by atoms with Crippen molar-refractivity contribution < 1.29 is 29.0 Å². The molecule has 1 amide bonds. The maximum atomic E-state index is 11.2. The average Bonchev–Trinajstić information content (AvgIpc) is 2.64. The van der Waals surface area contributed by atoms with Gasteiger partial charge >= 0.3 is 6.09 Å².